The second-order valence-corrected chi connectivity index (χ2v) is 7.48. The molecule has 3 nitrogen and oxygen atoms in total. The molecule has 0 aliphatic carbocycles. The van der Waals surface area contributed by atoms with E-state index in [4.69, 9.17) is 0 Å². The standard InChI is InChI=1S/C18H17Br2NO2/c19-13-9-7-12(8-10-13)17(14-4-1-2-5-15(14)20)21-11-3-6-16(21)18(22)23/h1-2,4-5,7-10,16-17H,3,6,11H2,(H,22,23). The van der Waals surface area contributed by atoms with Crippen molar-refractivity contribution >= 4 is 37.8 Å². The Bertz CT molecular complexity index is 702. The molecule has 2 aromatic rings. The van der Waals surface area contributed by atoms with Crippen molar-refractivity contribution in [1.82, 2.24) is 4.90 Å². The Hall–Kier alpha value is -1.17. The predicted molar refractivity (Wildman–Crippen MR) is 97.5 cm³/mol. The number of carboxylic acids is 1. The molecule has 2 atom stereocenters. The van der Waals surface area contributed by atoms with E-state index < -0.39 is 12.0 Å². The van der Waals surface area contributed by atoms with Gasteiger partial charge in [-0.15, -0.1) is 0 Å². The van der Waals surface area contributed by atoms with Gasteiger partial charge in [0, 0.05) is 15.5 Å². The molecule has 0 saturated carbocycles. The molecule has 0 radical (unpaired) electrons. The van der Waals surface area contributed by atoms with Gasteiger partial charge in [-0.2, -0.15) is 0 Å². The Morgan fingerprint density at radius 1 is 1.13 bits per heavy atom. The summed E-state index contributed by atoms with van der Waals surface area (Å²) in [6.07, 6.45) is 1.61. The molecule has 1 saturated heterocycles. The zero-order valence-corrected chi connectivity index (χ0v) is 15.6. The van der Waals surface area contributed by atoms with Gasteiger partial charge in [0.2, 0.25) is 0 Å². The van der Waals surface area contributed by atoms with Crippen molar-refractivity contribution < 1.29 is 9.90 Å². The van der Waals surface area contributed by atoms with Gasteiger partial charge < -0.3 is 5.11 Å². The van der Waals surface area contributed by atoms with Gasteiger partial charge in [0.15, 0.2) is 0 Å². The minimum Gasteiger partial charge on any atom is -0.480 e. The molecule has 0 amide bonds. The maximum absolute atomic E-state index is 11.7. The zero-order chi connectivity index (χ0) is 16.4. The van der Waals surface area contributed by atoms with Crippen molar-refractivity contribution in [3.8, 4) is 0 Å². The van der Waals surface area contributed by atoms with E-state index in [0.29, 0.717) is 6.42 Å². The quantitative estimate of drug-likeness (QED) is 0.741. The predicted octanol–water partition coefficient (Wildman–Crippen LogP) is 4.85. The molecule has 1 aliphatic rings. The molecular weight excluding hydrogens is 422 g/mol. The van der Waals surface area contributed by atoms with Gasteiger partial charge in [0.05, 0.1) is 6.04 Å². The number of halogens is 2. The number of carboxylic acid groups (broad SMARTS) is 1. The number of rotatable bonds is 4. The van der Waals surface area contributed by atoms with E-state index in [9.17, 15) is 9.90 Å². The van der Waals surface area contributed by atoms with Crippen molar-refractivity contribution in [2.45, 2.75) is 24.9 Å². The minimum atomic E-state index is -0.739. The van der Waals surface area contributed by atoms with Gasteiger partial charge in [0.1, 0.15) is 6.04 Å². The van der Waals surface area contributed by atoms with Crippen molar-refractivity contribution in [3.63, 3.8) is 0 Å². The number of likely N-dealkylation sites (tertiary alicyclic amines) is 1. The number of hydrogen-bond acceptors (Lipinski definition) is 2. The fourth-order valence-electron chi connectivity index (χ4n) is 3.25. The van der Waals surface area contributed by atoms with E-state index >= 15 is 0 Å². The van der Waals surface area contributed by atoms with Crippen LogP contribution in [-0.4, -0.2) is 28.6 Å². The fourth-order valence-corrected chi connectivity index (χ4v) is 4.02. The van der Waals surface area contributed by atoms with Crippen LogP contribution in [0.3, 0.4) is 0 Å². The molecule has 120 valence electrons. The lowest BCUT2D eigenvalue weighted by Crippen LogP contribution is -2.39. The van der Waals surface area contributed by atoms with E-state index in [1.54, 1.807) is 0 Å². The third kappa shape index (κ3) is 3.52. The van der Waals surface area contributed by atoms with Gasteiger partial charge in [-0.05, 0) is 42.2 Å². The lowest BCUT2D eigenvalue weighted by atomic mass is 9.96. The molecular formula is C18H17Br2NO2. The number of nitrogens with zero attached hydrogens (tertiary/aromatic N) is 1. The first-order valence-corrected chi connectivity index (χ1v) is 9.15. The first-order valence-electron chi connectivity index (χ1n) is 7.56. The number of aliphatic carboxylic acids is 1. The summed E-state index contributed by atoms with van der Waals surface area (Å²) in [5, 5.41) is 9.58. The molecule has 1 fully saturated rings. The molecule has 1 aliphatic heterocycles. The van der Waals surface area contributed by atoms with E-state index in [-0.39, 0.29) is 6.04 Å². The van der Waals surface area contributed by atoms with E-state index in [1.165, 1.54) is 0 Å². The van der Waals surface area contributed by atoms with Crippen LogP contribution < -0.4 is 0 Å². The largest absolute Gasteiger partial charge is 0.480 e. The van der Waals surface area contributed by atoms with Crippen LogP contribution in [0.2, 0.25) is 0 Å². The first-order chi connectivity index (χ1) is 11.1. The summed E-state index contributed by atoms with van der Waals surface area (Å²) in [7, 11) is 0. The van der Waals surface area contributed by atoms with Crippen LogP contribution in [0.5, 0.6) is 0 Å². The topological polar surface area (TPSA) is 40.5 Å². The molecule has 0 spiro atoms. The molecule has 3 rings (SSSR count). The fraction of sp³-hybridized carbons (Fsp3) is 0.278. The highest BCUT2D eigenvalue weighted by Gasteiger charge is 2.37. The molecule has 5 heteroatoms. The van der Waals surface area contributed by atoms with E-state index in [2.05, 4.69) is 55.0 Å². The lowest BCUT2D eigenvalue weighted by molar-refractivity contribution is -0.142. The second-order valence-electron chi connectivity index (χ2n) is 5.71. The number of carbonyl (C=O) groups is 1. The van der Waals surface area contributed by atoms with Gasteiger partial charge in [0.25, 0.3) is 0 Å². The Morgan fingerprint density at radius 3 is 2.48 bits per heavy atom. The summed E-state index contributed by atoms with van der Waals surface area (Å²) in [5.41, 5.74) is 2.20. The lowest BCUT2D eigenvalue weighted by Gasteiger charge is -2.32. The first kappa shape index (κ1) is 16.7. The summed E-state index contributed by atoms with van der Waals surface area (Å²) >= 11 is 7.10. The highest BCUT2D eigenvalue weighted by atomic mass is 79.9. The Morgan fingerprint density at radius 2 is 1.83 bits per heavy atom. The van der Waals surface area contributed by atoms with Crippen LogP contribution in [0.15, 0.2) is 57.5 Å². The van der Waals surface area contributed by atoms with Crippen LogP contribution in [0.25, 0.3) is 0 Å². The summed E-state index contributed by atoms with van der Waals surface area (Å²) < 4.78 is 2.02. The van der Waals surface area contributed by atoms with E-state index in [1.807, 2.05) is 30.3 Å². The van der Waals surface area contributed by atoms with Gasteiger partial charge in [-0.3, -0.25) is 9.69 Å². The van der Waals surface area contributed by atoms with Crippen molar-refractivity contribution in [2.75, 3.05) is 6.54 Å². The van der Waals surface area contributed by atoms with Gasteiger partial charge in [-0.1, -0.05) is 62.2 Å². The maximum atomic E-state index is 11.7. The SMILES string of the molecule is O=C(O)C1CCCN1C(c1ccc(Br)cc1)c1ccccc1Br. The zero-order valence-electron chi connectivity index (χ0n) is 12.5. The average molecular weight is 439 g/mol. The average Bonchev–Trinajstić information content (AvgIpc) is 3.01. The highest BCUT2D eigenvalue weighted by molar-refractivity contribution is 9.10. The summed E-state index contributed by atoms with van der Waals surface area (Å²) in [6.45, 7) is 0.791. The third-order valence-corrected chi connectivity index (χ3v) is 5.55. The maximum Gasteiger partial charge on any atom is 0.320 e. The molecule has 1 heterocycles. The molecule has 23 heavy (non-hydrogen) atoms. The monoisotopic (exact) mass is 437 g/mol. The van der Waals surface area contributed by atoms with E-state index in [0.717, 1.165) is 33.0 Å². The Balaban J connectivity index is 2.08. The highest BCUT2D eigenvalue weighted by Crippen LogP contribution is 2.38. The Labute approximate surface area is 152 Å². The summed E-state index contributed by atoms with van der Waals surface area (Å²) in [6, 6.07) is 15.7. The second kappa shape index (κ2) is 7.16. The molecule has 1 N–H and O–H groups in total. The molecule has 0 aromatic heterocycles. The summed E-state index contributed by atoms with van der Waals surface area (Å²) in [5.74, 6) is -0.739. The normalized spacial score (nSPS) is 19.7. The summed E-state index contributed by atoms with van der Waals surface area (Å²) in [4.78, 5) is 13.8. The van der Waals surface area contributed by atoms with Gasteiger partial charge in [-0.25, -0.2) is 0 Å². The number of hydrogen-bond donors (Lipinski definition) is 1. The van der Waals surface area contributed by atoms with Crippen LogP contribution in [-0.2, 0) is 4.79 Å². The molecule has 2 unspecified atom stereocenters. The smallest absolute Gasteiger partial charge is 0.320 e. The van der Waals surface area contributed by atoms with Crippen molar-refractivity contribution in [3.05, 3.63) is 68.6 Å². The van der Waals surface area contributed by atoms with Crippen LogP contribution in [0.1, 0.15) is 30.0 Å². The third-order valence-electron chi connectivity index (χ3n) is 4.30. The molecule has 0 bridgehead atoms. The van der Waals surface area contributed by atoms with Crippen LogP contribution in [0.4, 0.5) is 0 Å². The van der Waals surface area contributed by atoms with Crippen LogP contribution in [0, 0.1) is 0 Å². The van der Waals surface area contributed by atoms with Crippen molar-refractivity contribution in [1.29, 1.82) is 0 Å². The minimum absolute atomic E-state index is 0.0673. The van der Waals surface area contributed by atoms with Crippen LogP contribution >= 0.6 is 31.9 Å². The Kier molecular flexibility index (Phi) is 5.19. The van der Waals surface area contributed by atoms with Gasteiger partial charge >= 0.3 is 5.97 Å². The molecule has 2 aromatic carbocycles. The number of benzene rings is 2. The van der Waals surface area contributed by atoms with Crippen molar-refractivity contribution in [2.24, 2.45) is 0 Å².